The first-order valence-electron chi connectivity index (χ1n) is 5.55. The quantitative estimate of drug-likeness (QED) is 0.623. The standard InChI is InChI=1S/C14H13N3/c1-9-4-2-5-10(8-9)13-11-6-3-7-12(15)14(11)17-16-13/h2-8H,15H2,1H3,(H,16,17). The van der Waals surface area contributed by atoms with Gasteiger partial charge in [-0.15, -0.1) is 0 Å². The molecule has 1 heterocycles. The molecule has 0 unspecified atom stereocenters. The van der Waals surface area contributed by atoms with E-state index in [0.717, 1.165) is 27.8 Å². The fraction of sp³-hybridized carbons (Fsp3) is 0.0714. The van der Waals surface area contributed by atoms with Crippen LogP contribution >= 0.6 is 0 Å². The zero-order valence-electron chi connectivity index (χ0n) is 9.57. The minimum absolute atomic E-state index is 0.730. The van der Waals surface area contributed by atoms with Crippen LogP contribution in [-0.2, 0) is 0 Å². The number of nitrogens with two attached hydrogens (primary N) is 1. The molecule has 0 saturated carbocycles. The molecule has 3 rings (SSSR count). The lowest BCUT2D eigenvalue weighted by Gasteiger charge is -2.00. The number of nitrogens with one attached hydrogen (secondary N) is 1. The Bertz CT molecular complexity index is 683. The lowest BCUT2D eigenvalue weighted by atomic mass is 10.1. The molecule has 0 aliphatic heterocycles. The Labute approximate surface area is 99.3 Å². The third kappa shape index (κ3) is 1.56. The molecular formula is C14H13N3. The van der Waals surface area contributed by atoms with Gasteiger partial charge in [-0.2, -0.15) is 5.10 Å². The third-order valence-electron chi connectivity index (χ3n) is 2.92. The van der Waals surface area contributed by atoms with Crippen LogP contribution in [0, 0.1) is 6.92 Å². The van der Waals surface area contributed by atoms with Gasteiger partial charge in [-0.25, -0.2) is 0 Å². The summed E-state index contributed by atoms with van der Waals surface area (Å²) in [6.45, 7) is 2.08. The van der Waals surface area contributed by atoms with E-state index in [1.807, 2.05) is 24.3 Å². The number of aromatic amines is 1. The number of aryl methyl sites for hydroxylation is 1. The highest BCUT2D eigenvalue weighted by Gasteiger charge is 2.09. The number of fused-ring (bicyclic) bond motifs is 1. The SMILES string of the molecule is Cc1cccc(-c2n[nH]c3c(N)cccc23)c1. The maximum Gasteiger partial charge on any atom is 0.1000 e. The molecule has 0 spiro atoms. The smallest absolute Gasteiger partial charge is 0.1000 e. The van der Waals surface area contributed by atoms with Gasteiger partial charge in [-0.1, -0.05) is 35.9 Å². The molecule has 0 radical (unpaired) electrons. The predicted octanol–water partition coefficient (Wildman–Crippen LogP) is 3.12. The van der Waals surface area contributed by atoms with Crippen molar-refractivity contribution in [1.29, 1.82) is 0 Å². The van der Waals surface area contributed by atoms with Gasteiger partial charge >= 0.3 is 0 Å². The van der Waals surface area contributed by atoms with Crippen LogP contribution in [0.15, 0.2) is 42.5 Å². The summed E-state index contributed by atoms with van der Waals surface area (Å²) in [7, 11) is 0. The molecule has 3 aromatic rings. The van der Waals surface area contributed by atoms with E-state index in [4.69, 9.17) is 5.73 Å². The monoisotopic (exact) mass is 223 g/mol. The average Bonchev–Trinajstić information content (AvgIpc) is 2.74. The van der Waals surface area contributed by atoms with Crippen molar-refractivity contribution in [3.63, 3.8) is 0 Å². The summed E-state index contributed by atoms with van der Waals surface area (Å²) in [6.07, 6.45) is 0. The van der Waals surface area contributed by atoms with Crippen LogP contribution in [0.2, 0.25) is 0 Å². The van der Waals surface area contributed by atoms with Crippen LogP contribution < -0.4 is 5.73 Å². The summed E-state index contributed by atoms with van der Waals surface area (Å²) in [5.74, 6) is 0. The molecule has 0 bridgehead atoms. The number of aromatic nitrogens is 2. The Hall–Kier alpha value is -2.29. The third-order valence-corrected chi connectivity index (χ3v) is 2.92. The average molecular weight is 223 g/mol. The largest absolute Gasteiger partial charge is 0.397 e. The molecule has 3 N–H and O–H groups in total. The Kier molecular flexibility index (Phi) is 2.11. The van der Waals surface area contributed by atoms with Gasteiger partial charge in [0.1, 0.15) is 0 Å². The van der Waals surface area contributed by atoms with Gasteiger partial charge in [0.05, 0.1) is 16.9 Å². The molecule has 3 heteroatoms. The second kappa shape index (κ2) is 3.63. The minimum atomic E-state index is 0.730. The van der Waals surface area contributed by atoms with E-state index >= 15 is 0 Å². The van der Waals surface area contributed by atoms with Crippen molar-refractivity contribution in [2.24, 2.45) is 0 Å². The van der Waals surface area contributed by atoms with Gasteiger partial charge in [0.15, 0.2) is 0 Å². The van der Waals surface area contributed by atoms with E-state index in [9.17, 15) is 0 Å². The molecule has 2 aromatic carbocycles. The molecule has 17 heavy (non-hydrogen) atoms. The van der Waals surface area contributed by atoms with Crippen molar-refractivity contribution in [1.82, 2.24) is 10.2 Å². The topological polar surface area (TPSA) is 54.7 Å². The second-order valence-corrected chi connectivity index (χ2v) is 4.21. The normalized spacial score (nSPS) is 10.9. The first kappa shape index (κ1) is 9.90. The first-order valence-corrected chi connectivity index (χ1v) is 5.55. The summed E-state index contributed by atoms with van der Waals surface area (Å²) < 4.78 is 0. The molecule has 84 valence electrons. The first-order chi connectivity index (χ1) is 8.25. The van der Waals surface area contributed by atoms with Crippen LogP contribution in [0.25, 0.3) is 22.2 Å². The fourth-order valence-corrected chi connectivity index (χ4v) is 2.08. The molecule has 1 aromatic heterocycles. The highest BCUT2D eigenvalue weighted by molar-refractivity contribution is 5.98. The van der Waals surface area contributed by atoms with E-state index in [1.54, 1.807) is 0 Å². The van der Waals surface area contributed by atoms with E-state index < -0.39 is 0 Å². The maximum absolute atomic E-state index is 5.91. The van der Waals surface area contributed by atoms with E-state index in [2.05, 4.69) is 35.3 Å². The van der Waals surface area contributed by atoms with Crippen LogP contribution in [0.4, 0.5) is 5.69 Å². The number of H-pyrrole nitrogens is 1. The Morgan fingerprint density at radius 3 is 2.76 bits per heavy atom. The van der Waals surface area contributed by atoms with Crippen LogP contribution in [-0.4, -0.2) is 10.2 Å². The zero-order valence-corrected chi connectivity index (χ0v) is 9.57. The van der Waals surface area contributed by atoms with E-state index in [-0.39, 0.29) is 0 Å². The summed E-state index contributed by atoms with van der Waals surface area (Å²) in [6, 6.07) is 14.2. The lowest BCUT2D eigenvalue weighted by Crippen LogP contribution is -1.85. The maximum atomic E-state index is 5.91. The van der Waals surface area contributed by atoms with Gasteiger partial charge in [0.2, 0.25) is 0 Å². The van der Waals surface area contributed by atoms with Crippen LogP contribution in [0.1, 0.15) is 5.56 Å². The van der Waals surface area contributed by atoms with E-state index in [1.165, 1.54) is 5.56 Å². The van der Waals surface area contributed by atoms with Crippen molar-refractivity contribution < 1.29 is 0 Å². The summed E-state index contributed by atoms with van der Waals surface area (Å²) in [5.41, 5.74) is 10.8. The molecule has 0 atom stereocenters. The fourth-order valence-electron chi connectivity index (χ4n) is 2.08. The molecule has 3 nitrogen and oxygen atoms in total. The number of benzene rings is 2. The number of nitrogens with zero attached hydrogens (tertiary/aromatic N) is 1. The van der Waals surface area contributed by atoms with Crippen molar-refractivity contribution in [2.45, 2.75) is 6.92 Å². The van der Waals surface area contributed by atoms with Crippen molar-refractivity contribution in [2.75, 3.05) is 5.73 Å². The van der Waals surface area contributed by atoms with Crippen molar-refractivity contribution >= 4 is 16.6 Å². The number of hydrogen-bond donors (Lipinski definition) is 2. The van der Waals surface area contributed by atoms with Crippen LogP contribution in [0.5, 0.6) is 0 Å². The van der Waals surface area contributed by atoms with Gasteiger partial charge in [0, 0.05) is 10.9 Å². The Morgan fingerprint density at radius 1 is 1.12 bits per heavy atom. The number of rotatable bonds is 1. The molecule has 0 aliphatic rings. The number of para-hydroxylation sites is 1. The number of anilines is 1. The Morgan fingerprint density at radius 2 is 1.94 bits per heavy atom. The van der Waals surface area contributed by atoms with Crippen LogP contribution in [0.3, 0.4) is 0 Å². The van der Waals surface area contributed by atoms with E-state index in [0.29, 0.717) is 0 Å². The van der Waals surface area contributed by atoms with Gasteiger partial charge in [-0.05, 0) is 19.1 Å². The molecule has 0 fully saturated rings. The number of nitrogen functional groups attached to an aromatic ring is 1. The molecular weight excluding hydrogens is 210 g/mol. The molecule has 0 amide bonds. The molecule has 0 saturated heterocycles. The highest BCUT2D eigenvalue weighted by atomic mass is 15.1. The van der Waals surface area contributed by atoms with Gasteiger partial charge in [0.25, 0.3) is 0 Å². The lowest BCUT2D eigenvalue weighted by molar-refractivity contribution is 1.12. The summed E-state index contributed by atoms with van der Waals surface area (Å²) >= 11 is 0. The minimum Gasteiger partial charge on any atom is -0.397 e. The summed E-state index contributed by atoms with van der Waals surface area (Å²) in [5, 5.41) is 8.43. The second-order valence-electron chi connectivity index (χ2n) is 4.21. The number of hydrogen-bond acceptors (Lipinski definition) is 2. The predicted molar refractivity (Wildman–Crippen MR) is 70.7 cm³/mol. The van der Waals surface area contributed by atoms with Gasteiger partial charge in [-0.3, -0.25) is 5.10 Å². The summed E-state index contributed by atoms with van der Waals surface area (Å²) in [4.78, 5) is 0. The van der Waals surface area contributed by atoms with Crippen molar-refractivity contribution in [3.8, 4) is 11.3 Å². The Balaban J connectivity index is 2.28. The molecule has 0 aliphatic carbocycles. The zero-order chi connectivity index (χ0) is 11.8. The van der Waals surface area contributed by atoms with Gasteiger partial charge < -0.3 is 5.73 Å². The van der Waals surface area contributed by atoms with Crippen molar-refractivity contribution in [3.05, 3.63) is 48.0 Å². The highest BCUT2D eigenvalue weighted by Crippen LogP contribution is 2.29.